The van der Waals surface area contributed by atoms with Crippen molar-refractivity contribution in [3.63, 3.8) is 0 Å². The Balaban J connectivity index is 1.81. The van der Waals surface area contributed by atoms with Crippen molar-refractivity contribution in [1.82, 2.24) is 15.7 Å². The summed E-state index contributed by atoms with van der Waals surface area (Å²) in [5, 5.41) is 6.40. The van der Waals surface area contributed by atoms with Crippen molar-refractivity contribution in [1.29, 1.82) is 0 Å². The first-order valence-electron chi connectivity index (χ1n) is 9.47. The number of amides is 3. The van der Waals surface area contributed by atoms with Crippen LogP contribution in [0, 0.1) is 0 Å². The van der Waals surface area contributed by atoms with Crippen molar-refractivity contribution in [3.05, 3.63) is 53.6 Å². The Morgan fingerprint density at radius 1 is 1.03 bits per heavy atom. The SMILES string of the molecule is CCN(OCc1cc(OC)ccc1OC)C(=O)CNC(=O)NCc1ccc(N)cc1. The molecule has 0 bridgehead atoms. The Morgan fingerprint density at radius 3 is 2.40 bits per heavy atom. The van der Waals surface area contributed by atoms with E-state index in [-0.39, 0.29) is 19.1 Å². The molecule has 9 nitrogen and oxygen atoms in total. The van der Waals surface area contributed by atoms with Crippen LogP contribution in [-0.4, -0.2) is 44.3 Å². The molecule has 9 heteroatoms. The number of anilines is 1. The molecule has 162 valence electrons. The van der Waals surface area contributed by atoms with E-state index in [0.717, 1.165) is 11.1 Å². The Labute approximate surface area is 176 Å². The van der Waals surface area contributed by atoms with E-state index in [9.17, 15) is 9.59 Å². The summed E-state index contributed by atoms with van der Waals surface area (Å²) in [7, 11) is 3.12. The van der Waals surface area contributed by atoms with Crippen molar-refractivity contribution in [3.8, 4) is 11.5 Å². The molecule has 0 saturated heterocycles. The molecule has 0 spiro atoms. The quantitative estimate of drug-likeness (QED) is 0.403. The molecule has 2 aromatic carbocycles. The number of nitrogens with two attached hydrogens (primary N) is 1. The molecule has 3 amide bonds. The van der Waals surface area contributed by atoms with Crippen LogP contribution in [0.4, 0.5) is 10.5 Å². The number of benzene rings is 2. The number of methoxy groups -OCH3 is 2. The van der Waals surface area contributed by atoms with Crippen LogP contribution in [0.2, 0.25) is 0 Å². The van der Waals surface area contributed by atoms with E-state index >= 15 is 0 Å². The topological polar surface area (TPSA) is 115 Å². The zero-order chi connectivity index (χ0) is 21.9. The normalized spacial score (nSPS) is 10.2. The number of nitrogen functional groups attached to an aromatic ring is 1. The molecular formula is C21H28N4O5. The fourth-order valence-corrected chi connectivity index (χ4v) is 2.61. The molecule has 30 heavy (non-hydrogen) atoms. The zero-order valence-electron chi connectivity index (χ0n) is 17.4. The molecule has 4 N–H and O–H groups in total. The largest absolute Gasteiger partial charge is 0.497 e. The molecule has 0 aliphatic rings. The summed E-state index contributed by atoms with van der Waals surface area (Å²) in [5.41, 5.74) is 7.92. The number of hydrogen-bond donors (Lipinski definition) is 3. The molecule has 0 heterocycles. The summed E-state index contributed by atoms with van der Waals surface area (Å²) >= 11 is 0. The van der Waals surface area contributed by atoms with Crippen LogP contribution in [0.3, 0.4) is 0 Å². The average Bonchev–Trinajstić information content (AvgIpc) is 2.77. The molecule has 0 saturated carbocycles. The number of nitrogens with zero attached hydrogens (tertiary/aromatic N) is 1. The Hall–Kier alpha value is -3.46. The number of rotatable bonds is 10. The van der Waals surface area contributed by atoms with Gasteiger partial charge in [0, 0.05) is 24.3 Å². The van der Waals surface area contributed by atoms with Crippen LogP contribution in [-0.2, 0) is 22.8 Å². The summed E-state index contributed by atoms with van der Waals surface area (Å²) in [5.74, 6) is 0.907. The summed E-state index contributed by atoms with van der Waals surface area (Å²) in [6.45, 7) is 2.34. The van der Waals surface area contributed by atoms with Gasteiger partial charge in [0.1, 0.15) is 24.7 Å². The highest BCUT2D eigenvalue weighted by Crippen LogP contribution is 2.24. The monoisotopic (exact) mass is 416 g/mol. The highest BCUT2D eigenvalue weighted by Gasteiger charge is 2.15. The lowest BCUT2D eigenvalue weighted by molar-refractivity contribution is -0.189. The highest BCUT2D eigenvalue weighted by atomic mass is 16.7. The van der Waals surface area contributed by atoms with Gasteiger partial charge in [0.25, 0.3) is 5.91 Å². The van der Waals surface area contributed by atoms with Crippen molar-refractivity contribution in [2.24, 2.45) is 0 Å². The van der Waals surface area contributed by atoms with E-state index in [1.165, 1.54) is 5.06 Å². The third-order valence-corrected chi connectivity index (χ3v) is 4.26. The Morgan fingerprint density at radius 2 is 1.77 bits per heavy atom. The van der Waals surface area contributed by atoms with E-state index in [2.05, 4.69) is 10.6 Å². The van der Waals surface area contributed by atoms with E-state index in [1.807, 2.05) is 12.1 Å². The van der Waals surface area contributed by atoms with Crippen LogP contribution in [0.25, 0.3) is 0 Å². The smallest absolute Gasteiger partial charge is 0.315 e. The first-order chi connectivity index (χ1) is 14.5. The van der Waals surface area contributed by atoms with Crippen LogP contribution in [0.5, 0.6) is 11.5 Å². The molecule has 0 radical (unpaired) electrons. The summed E-state index contributed by atoms with van der Waals surface area (Å²) < 4.78 is 10.5. The third-order valence-electron chi connectivity index (χ3n) is 4.26. The van der Waals surface area contributed by atoms with Crippen molar-refractivity contribution < 1.29 is 23.9 Å². The van der Waals surface area contributed by atoms with Crippen molar-refractivity contribution >= 4 is 17.6 Å². The predicted octanol–water partition coefficient (Wildman–Crippen LogP) is 2.07. The lowest BCUT2D eigenvalue weighted by atomic mass is 10.2. The maximum atomic E-state index is 12.4. The first kappa shape index (κ1) is 22.8. The minimum Gasteiger partial charge on any atom is -0.497 e. The molecule has 0 unspecified atom stereocenters. The molecule has 2 aromatic rings. The van der Waals surface area contributed by atoms with Gasteiger partial charge < -0.3 is 25.8 Å². The van der Waals surface area contributed by atoms with E-state index in [4.69, 9.17) is 20.0 Å². The van der Waals surface area contributed by atoms with Crippen LogP contribution in [0.1, 0.15) is 18.1 Å². The van der Waals surface area contributed by atoms with Gasteiger partial charge in [-0.2, -0.15) is 0 Å². The molecule has 0 aromatic heterocycles. The standard InChI is InChI=1S/C21H28N4O5/c1-4-25(30-14-16-11-18(28-2)9-10-19(16)29-3)20(26)13-24-21(27)23-12-15-5-7-17(22)8-6-15/h5-11H,4,12-14,22H2,1-3H3,(H2,23,24,27). The second-order valence-corrected chi connectivity index (χ2v) is 6.32. The number of likely N-dealkylation sites (N-methyl/N-ethyl adjacent to an activating group) is 1. The lowest BCUT2D eigenvalue weighted by Gasteiger charge is -2.21. The number of urea groups is 1. The lowest BCUT2D eigenvalue weighted by Crippen LogP contribution is -2.43. The van der Waals surface area contributed by atoms with Crippen LogP contribution in [0.15, 0.2) is 42.5 Å². The minimum absolute atomic E-state index is 0.114. The number of ether oxygens (including phenoxy) is 2. The summed E-state index contributed by atoms with van der Waals surface area (Å²) in [4.78, 5) is 29.9. The number of carbonyl (C=O) groups is 2. The van der Waals surface area contributed by atoms with Crippen molar-refractivity contribution in [2.45, 2.75) is 20.1 Å². The molecule has 0 atom stereocenters. The predicted molar refractivity (Wildman–Crippen MR) is 113 cm³/mol. The van der Waals surface area contributed by atoms with Crippen molar-refractivity contribution in [2.75, 3.05) is 33.0 Å². The second kappa shape index (κ2) is 11.5. The van der Waals surface area contributed by atoms with Gasteiger partial charge in [0.15, 0.2) is 0 Å². The number of carbonyl (C=O) groups excluding carboxylic acids is 2. The van der Waals surface area contributed by atoms with Gasteiger partial charge >= 0.3 is 6.03 Å². The van der Waals surface area contributed by atoms with Gasteiger partial charge in [-0.05, 0) is 42.8 Å². The molecule has 0 aliphatic heterocycles. The van der Waals surface area contributed by atoms with E-state index in [1.54, 1.807) is 51.5 Å². The fraction of sp³-hybridized carbons (Fsp3) is 0.333. The van der Waals surface area contributed by atoms with Gasteiger partial charge in [-0.25, -0.2) is 9.86 Å². The summed E-state index contributed by atoms with van der Waals surface area (Å²) in [6, 6.07) is 12.0. The van der Waals surface area contributed by atoms with E-state index < -0.39 is 6.03 Å². The van der Waals surface area contributed by atoms with Gasteiger partial charge in [-0.15, -0.1) is 0 Å². The highest BCUT2D eigenvalue weighted by molar-refractivity contribution is 5.83. The number of hydroxylamine groups is 2. The number of hydrogen-bond acceptors (Lipinski definition) is 6. The van der Waals surface area contributed by atoms with Crippen LogP contribution >= 0.6 is 0 Å². The Kier molecular flexibility index (Phi) is 8.76. The Bertz CT molecular complexity index is 842. The van der Waals surface area contributed by atoms with Gasteiger partial charge in [0.2, 0.25) is 0 Å². The van der Waals surface area contributed by atoms with E-state index in [0.29, 0.717) is 30.3 Å². The fourth-order valence-electron chi connectivity index (χ4n) is 2.61. The van der Waals surface area contributed by atoms with Gasteiger partial charge in [0.05, 0.1) is 14.2 Å². The first-order valence-corrected chi connectivity index (χ1v) is 9.47. The van der Waals surface area contributed by atoms with Crippen LogP contribution < -0.4 is 25.8 Å². The molecule has 0 aliphatic carbocycles. The molecule has 2 rings (SSSR count). The zero-order valence-corrected chi connectivity index (χ0v) is 17.4. The third kappa shape index (κ3) is 6.85. The van der Waals surface area contributed by atoms with Gasteiger partial charge in [-0.3, -0.25) is 9.63 Å². The molecule has 0 fully saturated rings. The second-order valence-electron chi connectivity index (χ2n) is 6.32. The number of nitrogens with one attached hydrogen (secondary N) is 2. The molecular weight excluding hydrogens is 388 g/mol. The van der Waals surface area contributed by atoms with Gasteiger partial charge in [-0.1, -0.05) is 12.1 Å². The average molecular weight is 416 g/mol. The maximum absolute atomic E-state index is 12.4. The maximum Gasteiger partial charge on any atom is 0.315 e. The summed E-state index contributed by atoms with van der Waals surface area (Å²) in [6.07, 6.45) is 0. The minimum atomic E-state index is -0.453.